The lowest BCUT2D eigenvalue weighted by atomic mass is 10.0. The number of thioether (sulfide) groups is 1. The molecule has 0 radical (unpaired) electrons. The van der Waals surface area contributed by atoms with Gasteiger partial charge in [-0.05, 0) is 30.9 Å². The molecule has 1 aliphatic heterocycles. The molecule has 1 unspecified atom stereocenters. The van der Waals surface area contributed by atoms with Crippen LogP contribution in [0.3, 0.4) is 0 Å². The van der Waals surface area contributed by atoms with Crippen LogP contribution >= 0.6 is 23.4 Å². The van der Waals surface area contributed by atoms with Crippen molar-refractivity contribution in [1.82, 2.24) is 20.4 Å². The maximum atomic E-state index is 12.3. The summed E-state index contributed by atoms with van der Waals surface area (Å²) in [5.41, 5.74) is 3.00. The van der Waals surface area contributed by atoms with Gasteiger partial charge < -0.3 is 14.6 Å². The number of aryl methyl sites for hydroxylation is 1. The van der Waals surface area contributed by atoms with Gasteiger partial charge in [0.05, 0.1) is 17.3 Å². The van der Waals surface area contributed by atoms with Crippen LogP contribution in [0.25, 0.3) is 11.3 Å². The Labute approximate surface area is 183 Å². The van der Waals surface area contributed by atoms with Crippen molar-refractivity contribution in [3.05, 3.63) is 52.5 Å². The van der Waals surface area contributed by atoms with Crippen molar-refractivity contribution in [2.75, 3.05) is 12.8 Å². The first kappa shape index (κ1) is 20.7. The summed E-state index contributed by atoms with van der Waals surface area (Å²) in [6, 6.07) is 7.41. The lowest BCUT2D eigenvalue weighted by Crippen LogP contribution is -2.34. The highest BCUT2D eigenvalue weighted by molar-refractivity contribution is 7.98. The number of halogens is 1. The Morgan fingerprint density at radius 3 is 3.03 bits per heavy atom. The molecule has 1 N–H and O–H groups in total. The van der Waals surface area contributed by atoms with Gasteiger partial charge in [0.2, 0.25) is 0 Å². The van der Waals surface area contributed by atoms with Crippen LogP contribution in [0, 0.1) is 0 Å². The number of hydrogen-bond acceptors (Lipinski definition) is 7. The highest BCUT2D eigenvalue weighted by atomic mass is 35.5. The number of benzene rings is 1. The lowest BCUT2D eigenvalue weighted by Gasteiger charge is -2.11. The molecule has 156 valence electrons. The summed E-state index contributed by atoms with van der Waals surface area (Å²) < 4.78 is 11.1. The predicted molar refractivity (Wildman–Crippen MR) is 115 cm³/mol. The first-order chi connectivity index (χ1) is 14.6. The molecular formula is C21H21ClN4O3S. The van der Waals surface area contributed by atoms with Gasteiger partial charge in [-0.3, -0.25) is 4.79 Å². The minimum atomic E-state index is -0.280. The molecule has 0 spiro atoms. The average molecular weight is 445 g/mol. The molecule has 9 heteroatoms. The normalized spacial score (nSPS) is 15.0. The summed E-state index contributed by atoms with van der Waals surface area (Å²) in [5.74, 6) is 1.09. The van der Waals surface area contributed by atoms with E-state index in [-0.39, 0.29) is 17.7 Å². The van der Waals surface area contributed by atoms with Crippen molar-refractivity contribution in [3.8, 4) is 17.0 Å². The summed E-state index contributed by atoms with van der Waals surface area (Å²) in [4.78, 5) is 21.1. The van der Waals surface area contributed by atoms with E-state index in [4.69, 9.17) is 20.9 Å². The highest BCUT2D eigenvalue weighted by Crippen LogP contribution is 2.39. The molecule has 4 rings (SSSR count). The van der Waals surface area contributed by atoms with Crippen LogP contribution in [-0.2, 0) is 12.8 Å². The van der Waals surface area contributed by atoms with Crippen molar-refractivity contribution in [1.29, 1.82) is 0 Å². The second-order valence-electron chi connectivity index (χ2n) is 6.96. The van der Waals surface area contributed by atoms with E-state index in [1.807, 2.05) is 31.4 Å². The molecule has 1 aromatic carbocycles. The van der Waals surface area contributed by atoms with Crippen LogP contribution in [-0.4, -0.2) is 39.9 Å². The van der Waals surface area contributed by atoms with Gasteiger partial charge in [0, 0.05) is 36.2 Å². The number of fused-ring (bicyclic) bond motifs is 1. The molecule has 1 atom stereocenters. The van der Waals surface area contributed by atoms with E-state index in [2.05, 4.69) is 20.4 Å². The van der Waals surface area contributed by atoms with Gasteiger partial charge >= 0.3 is 0 Å². The Bertz CT molecular complexity index is 1070. The summed E-state index contributed by atoms with van der Waals surface area (Å²) in [5, 5.41) is 7.92. The molecule has 0 saturated carbocycles. The fourth-order valence-corrected chi connectivity index (χ4v) is 3.97. The average Bonchev–Trinajstić information content (AvgIpc) is 3.39. The predicted octanol–water partition coefficient (Wildman–Crippen LogP) is 4.19. The van der Waals surface area contributed by atoms with E-state index in [9.17, 15) is 4.79 Å². The zero-order valence-corrected chi connectivity index (χ0v) is 18.2. The minimum Gasteiger partial charge on any atom is -0.486 e. The largest absolute Gasteiger partial charge is 0.486 e. The van der Waals surface area contributed by atoms with E-state index in [0.717, 1.165) is 29.7 Å². The number of nitrogens with zero attached hydrogens (tertiary/aromatic N) is 3. The second-order valence-corrected chi connectivity index (χ2v) is 8.14. The standard InChI is InChI=1S/C21H21ClN4O3S/c1-3-4-14-10-18(26-29-14)20(27)24-11-15-8-13-7-12(9-16(22)19(13)28-15)17-5-6-23-21(25-17)30-2/h5-7,9-10,15H,3-4,8,11H2,1-2H3,(H,24,27). The third-order valence-electron chi connectivity index (χ3n) is 4.74. The van der Waals surface area contributed by atoms with E-state index in [1.54, 1.807) is 12.3 Å². The van der Waals surface area contributed by atoms with Gasteiger partial charge in [-0.15, -0.1) is 0 Å². The topological polar surface area (TPSA) is 90.1 Å². The number of carbonyl (C=O) groups excluding carboxylic acids is 1. The Hall–Kier alpha value is -2.58. The maximum absolute atomic E-state index is 12.3. The van der Waals surface area contributed by atoms with E-state index >= 15 is 0 Å². The van der Waals surface area contributed by atoms with Crippen LogP contribution in [0.2, 0.25) is 5.02 Å². The third-order valence-corrected chi connectivity index (χ3v) is 5.59. The second kappa shape index (κ2) is 9.06. The Morgan fingerprint density at radius 2 is 2.23 bits per heavy atom. The number of ether oxygens (including phenoxy) is 1. The molecule has 2 aromatic heterocycles. The zero-order valence-electron chi connectivity index (χ0n) is 16.6. The number of rotatable bonds is 7. The Balaban J connectivity index is 1.42. The molecule has 0 bridgehead atoms. The first-order valence-corrected chi connectivity index (χ1v) is 11.3. The van der Waals surface area contributed by atoms with Crippen molar-refractivity contribution >= 4 is 29.3 Å². The molecule has 7 nitrogen and oxygen atoms in total. The number of aromatic nitrogens is 3. The van der Waals surface area contributed by atoms with Gasteiger partial charge in [-0.1, -0.05) is 35.4 Å². The minimum absolute atomic E-state index is 0.203. The zero-order chi connectivity index (χ0) is 21.1. The van der Waals surface area contributed by atoms with Crippen LogP contribution in [0.15, 0.2) is 40.1 Å². The maximum Gasteiger partial charge on any atom is 0.273 e. The van der Waals surface area contributed by atoms with Crippen molar-refractivity contribution in [2.45, 2.75) is 37.4 Å². The molecule has 3 heterocycles. The van der Waals surface area contributed by atoms with E-state index in [0.29, 0.717) is 34.7 Å². The van der Waals surface area contributed by atoms with Gasteiger partial charge in [-0.25, -0.2) is 9.97 Å². The molecule has 1 aliphatic rings. The van der Waals surface area contributed by atoms with Crippen LogP contribution in [0.1, 0.15) is 35.2 Å². The molecule has 1 amide bonds. The molecule has 0 aliphatic carbocycles. The molecule has 0 saturated heterocycles. The quantitative estimate of drug-likeness (QED) is 0.431. The van der Waals surface area contributed by atoms with Crippen LogP contribution in [0.4, 0.5) is 0 Å². The van der Waals surface area contributed by atoms with Crippen LogP contribution in [0.5, 0.6) is 5.75 Å². The molecule has 30 heavy (non-hydrogen) atoms. The fraction of sp³-hybridized carbons (Fsp3) is 0.333. The van der Waals surface area contributed by atoms with Crippen LogP contribution < -0.4 is 10.1 Å². The van der Waals surface area contributed by atoms with Gasteiger partial charge in [-0.2, -0.15) is 0 Å². The van der Waals surface area contributed by atoms with Crippen molar-refractivity contribution in [2.24, 2.45) is 0 Å². The molecular weight excluding hydrogens is 424 g/mol. The smallest absolute Gasteiger partial charge is 0.273 e. The summed E-state index contributed by atoms with van der Waals surface area (Å²) in [6.07, 6.45) is 5.80. The first-order valence-electron chi connectivity index (χ1n) is 9.67. The van der Waals surface area contributed by atoms with Gasteiger partial charge in [0.15, 0.2) is 10.9 Å². The third kappa shape index (κ3) is 4.44. The summed E-state index contributed by atoms with van der Waals surface area (Å²) in [6.45, 7) is 2.39. The van der Waals surface area contributed by atoms with Crippen molar-refractivity contribution < 1.29 is 14.1 Å². The molecule has 3 aromatic rings. The summed E-state index contributed by atoms with van der Waals surface area (Å²) >= 11 is 7.96. The monoisotopic (exact) mass is 444 g/mol. The Morgan fingerprint density at radius 1 is 1.37 bits per heavy atom. The number of hydrogen-bond donors (Lipinski definition) is 1. The number of nitrogens with one attached hydrogen (secondary N) is 1. The summed E-state index contributed by atoms with van der Waals surface area (Å²) in [7, 11) is 0. The van der Waals surface area contributed by atoms with Gasteiger partial charge in [0.1, 0.15) is 17.6 Å². The number of carbonyl (C=O) groups is 1. The number of amides is 1. The van der Waals surface area contributed by atoms with E-state index in [1.165, 1.54) is 11.8 Å². The van der Waals surface area contributed by atoms with Gasteiger partial charge in [0.25, 0.3) is 5.91 Å². The molecule has 0 fully saturated rings. The highest BCUT2D eigenvalue weighted by Gasteiger charge is 2.27. The fourth-order valence-electron chi connectivity index (χ4n) is 3.33. The van der Waals surface area contributed by atoms with Crippen molar-refractivity contribution in [3.63, 3.8) is 0 Å². The Kier molecular flexibility index (Phi) is 6.24. The van der Waals surface area contributed by atoms with E-state index < -0.39 is 0 Å². The SMILES string of the molecule is CCCc1cc(C(=O)NCC2Cc3cc(-c4ccnc(SC)n4)cc(Cl)c3O2)no1. The lowest BCUT2D eigenvalue weighted by molar-refractivity contribution is 0.0924.